The molecule has 0 unspecified atom stereocenters. The predicted molar refractivity (Wildman–Crippen MR) is 489 cm³/mol. The summed E-state index contributed by atoms with van der Waals surface area (Å²) in [6, 6.07) is 138. The Labute approximate surface area is 796 Å². The fourth-order valence-corrected chi connectivity index (χ4v) is 13.7. The zero-order valence-corrected chi connectivity index (χ0v) is 81.9. The van der Waals surface area contributed by atoms with E-state index in [1.165, 1.54) is 109 Å². The van der Waals surface area contributed by atoms with Gasteiger partial charge in [0.1, 0.15) is 0 Å². The number of pyridine rings is 6. The largest absolute Gasteiger partial charge is 0.305 e. The average molecular weight is 2490 g/mol. The molecule has 0 aliphatic heterocycles. The molecule has 2 saturated carbocycles. The second kappa shape index (κ2) is 48.0. The van der Waals surface area contributed by atoms with Gasteiger partial charge in [-0.25, -0.2) is 0 Å². The van der Waals surface area contributed by atoms with E-state index in [9.17, 15) is 0 Å². The van der Waals surface area contributed by atoms with Gasteiger partial charge in [-0.2, -0.15) is 0 Å². The van der Waals surface area contributed by atoms with Crippen molar-refractivity contribution in [1.82, 2.24) is 29.9 Å². The molecule has 123 heavy (non-hydrogen) atoms. The average Bonchev–Trinajstić information content (AvgIpc) is 1.63. The van der Waals surface area contributed by atoms with Crippen LogP contribution in [0.2, 0.25) is 0 Å². The summed E-state index contributed by atoms with van der Waals surface area (Å²) in [6.45, 7) is 15.5. The fraction of sp³-hybridized carbons (Fsp3) is 0.143. The standard InChI is InChI=1S/C21H18N.C21H20N.C20H16N.C20H18N.C19H16N.C11H8N.5Ir/c1-21(11-12-21)19-10-13-22-20(15-19)18-9-5-8-17(14-18)16-6-3-2-4-7-16;1-21(2,3)19-12-13-20(22-15-19)18-11-7-10-17(14-18)16-8-5-4-6-9-16;1-2-5-15(6-3-1)17-7-4-8-19(13-17)20-14-18(11-12-21-20)16-9-10-16;1-15(2)16-9-11-17(12-10-16)18-6-5-7-19(14-18)20-8-3-4-13-21-20;1-2-15-11-12-20-19(13-15)18-10-6-9-17(14-18)16-7-4-3-5-8-16;1-2-6-10(7-3-1)11-8-4-5-9-12-11;;;;;/h2-8,10,13-15H,11-12H2,1H3;4-10,12-15H,1-3H3;1-7,11-14,16H,9-10H2;3-6,8-15H,1-2H3;3-9,11-14H,2H2,1H3;1-6,8-9H;;;;;/q6*-1;;;;;. The Morgan fingerprint density at radius 2 is 0.683 bits per heavy atom. The van der Waals surface area contributed by atoms with Crippen LogP contribution in [-0.2, 0) is 118 Å². The molecule has 11 aromatic carbocycles. The normalized spacial score (nSPS) is 11.7. The quantitative estimate of drug-likeness (QED) is 0.0952. The van der Waals surface area contributed by atoms with Gasteiger partial charge in [0.2, 0.25) is 0 Å². The van der Waals surface area contributed by atoms with Crippen molar-refractivity contribution >= 4 is 0 Å². The van der Waals surface area contributed by atoms with E-state index in [1.54, 1.807) is 6.20 Å². The van der Waals surface area contributed by atoms with Crippen LogP contribution in [-0.4, -0.2) is 29.9 Å². The maximum Gasteiger partial charge on any atom is 0.0198 e. The van der Waals surface area contributed by atoms with Crippen molar-refractivity contribution in [3.63, 3.8) is 0 Å². The molecule has 625 valence electrons. The van der Waals surface area contributed by atoms with Gasteiger partial charge in [-0.15, -0.1) is 213 Å². The van der Waals surface area contributed by atoms with Crippen molar-refractivity contribution in [2.24, 2.45) is 0 Å². The summed E-state index contributed by atoms with van der Waals surface area (Å²) in [4.78, 5) is 26.8. The zero-order chi connectivity index (χ0) is 81.3. The third-order valence-corrected chi connectivity index (χ3v) is 21.2. The van der Waals surface area contributed by atoms with Crippen LogP contribution >= 0.6 is 0 Å². The number of aromatic nitrogens is 6. The van der Waals surface area contributed by atoms with E-state index >= 15 is 0 Å². The summed E-state index contributed by atoms with van der Waals surface area (Å²) in [7, 11) is 0. The molecule has 0 atom stereocenters. The monoisotopic (exact) mass is 2490 g/mol. The zero-order valence-electron chi connectivity index (χ0n) is 69.9. The summed E-state index contributed by atoms with van der Waals surface area (Å²) in [6.07, 6.45) is 17.5. The second-order valence-corrected chi connectivity index (χ2v) is 31.2. The van der Waals surface area contributed by atoms with Gasteiger partial charge in [0, 0.05) is 138 Å². The minimum absolute atomic E-state index is 0. The predicted octanol–water partition coefficient (Wildman–Crippen LogP) is 28.5. The second-order valence-electron chi connectivity index (χ2n) is 31.2. The summed E-state index contributed by atoms with van der Waals surface area (Å²) in [5, 5.41) is 0. The Kier molecular flexibility index (Phi) is 37.6. The van der Waals surface area contributed by atoms with E-state index in [4.69, 9.17) is 0 Å². The molecule has 0 amide bonds. The fourth-order valence-electron chi connectivity index (χ4n) is 13.7. The first kappa shape index (κ1) is 96.4. The third-order valence-electron chi connectivity index (χ3n) is 21.2. The Morgan fingerprint density at radius 3 is 1.06 bits per heavy atom. The van der Waals surface area contributed by atoms with Crippen LogP contribution in [0.15, 0.2) is 383 Å². The topological polar surface area (TPSA) is 77.3 Å². The van der Waals surface area contributed by atoms with Gasteiger partial charge in [-0.1, -0.05) is 260 Å². The number of nitrogens with zero attached hydrogens (tertiary/aromatic N) is 6. The van der Waals surface area contributed by atoms with Crippen LogP contribution < -0.4 is 0 Å². The van der Waals surface area contributed by atoms with E-state index in [1.807, 2.05) is 146 Å². The number of benzene rings is 11. The van der Waals surface area contributed by atoms with Crippen LogP contribution in [0.25, 0.3) is 123 Å². The Hall–Kier alpha value is -10.4. The summed E-state index contributed by atoms with van der Waals surface area (Å²) in [5.41, 5.74) is 31.5. The van der Waals surface area contributed by atoms with Gasteiger partial charge in [0.15, 0.2) is 0 Å². The number of hydrogen-bond donors (Lipinski definition) is 0. The van der Waals surface area contributed by atoms with Crippen molar-refractivity contribution in [2.75, 3.05) is 0 Å². The van der Waals surface area contributed by atoms with Crippen molar-refractivity contribution in [3.8, 4) is 123 Å². The first-order valence-electron chi connectivity index (χ1n) is 40.8. The van der Waals surface area contributed by atoms with Gasteiger partial charge in [-0.3, -0.25) is 0 Å². The van der Waals surface area contributed by atoms with E-state index in [0.717, 1.165) is 79.9 Å². The molecule has 2 aliphatic rings. The number of rotatable bonds is 15. The number of aryl methyl sites for hydroxylation is 1. The van der Waals surface area contributed by atoms with E-state index in [0.29, 0.717) is 11.3 Å². The van der Waals surface area contributed by atoms with Crippen LogP contribution in [0.4, 0.5) is 0 Å². The van der Waals surface area contributed by atoms with Crippen LogP contribution in [0, 0.1) is 36.4 Å². The SMILES string of the molecule is CC(C)(C)c1ccc(-c2[c-]ccc(-c3ccccc3)c2)nc1.CC(C)c1ccc(-c2cc[c-]c(-c3ccccn3)c2)cc1.CC1(c2ccnc(-c3[c-]ccc(-c4ccccc4)c3)c2)CC1.CCc1ccnc(-c2[c-]ccc(-c3ccccc3)c2)c1.[Ir].[Ir].[Ir].[Ir].[Ir].[c-]1ccc(-c2ccccc2)cc1-c1cc(C2CC2)ccn1.[c-]1ccccc1-c1ccccn1. The van der Waals surface area contributed by atoms with Crippen molar-refractivity contribution in [3.05, 3.63) is 447 Å². The molecule has 6 nitrogen and oxygen atoms in total. The molecule has 6 aromatic heterocycles. The molecule has 17 aromatic rings. The summed E-state index contributed by atoms with van der Waals surface area (Å²) in [5.74, 6) is 1.32. The molecule has 6 heterocycles. The number of hydrogen-bond acceptors (Lipinski definition) is 6. The molecule has 0 bridgehead atoms. The maximum atomic E-state index is 4.62. The van der Waals surface area contributed by atoms with Gasteiger partial charge in [0.05, 0.1) is 0 Å². The van der Waals surface area contributed by atoms with Crippen LogP contribution in [0.3, 0.4) is 0 Å². The maximum absolute atomic E-state index is 4.62. The van der Waals surface area contributed by atoms with Crippen molar-refractivity contribution in [1.29, 1.82) is 0 Å². The molecule has 0 spiro atoms. The van der Waals surface area contributed by atoms with Crippen LogP contribution in [0.5, 0.6) is 0 Å². The molecule has 2 fully saturated rings. The van der Waals surface area contributed by atoms with Gasteiger partial charge >= 0.3 is 0 Å². The van der Waals surface area contributed by atoms with E-state index < -0.39 is 0 Å². The molecule has 5 radical (unpaired) electrons. The Balaban J connectivity index is 0.000000167. The smallest absolute Gasteiger partial charge is 0.0198 e. The minimum atomic E-state index is 0. The van der Waals surface area contributed by atoms with Gasteiger partial charge < -0.3 is 29.9 Å². The molecule has 0 N–H and O–H groups in total. The first-order valence-corrected chi connectivity index (χ1v) is 40.8. The molecule has 0 saturated heterocycles. The minimum Gasteiger partial charge on any atom is -0.305 e. The van der Waals surface area contributed by atoms with E-state index in [2.05, 4.69) is 345 Å². The summed E-state index contributed by atoms with van der Waals surface area (Å²) < 4.78 is 0. The van der Waals surface area contributed by atoms with Gasteiger partial charge in [-0.05, 0) is 164 Å². The molecule has 11 heteroatoms. The Bertz CT molecular complexity index is 5960. The molecular formula is C112H96Ir5N6-6. The first-order chi connectivity index (χ1) is 57.7. The van der Waals surface area contributed by atoms with Crippen molar-refractivity contribution < 1.29 is 101 Å². The van der Waals surface area contributed by atoms with Crippen molar-refractivity contribution in [2.45, 2.75) is 103 Å². The Morgan fingerprint density at radius 1 is 0.317 bits per heavy atom. The van der Waals surface area contributed by atoms with Crippen LogP contribution in [0.1, 0.15) is 114 Å². The van der Waals surface area contributed by atoms with E-state index in [-0.39, 0.29) is 106 Å². The molecular weight excluding hydrogens is 2390 g/mol. The molecule has 19 rings (SSSR count). The summed E-state index contributed by atoms with van der Waals surface area (Å²) >= 11 is 0. The molecule has 2 aliphatic carbocycles. The van der Waals surface area contributed by atoms with Gasteiger partial charge in [0.25, 0.3) is 0 Å². The third kappa shape index (κ3) is 27.8.